The highest BCUT2D eigenvalue weighted by molar-refractivity contribution is 5.77. The summed E-state index contributed by atoms with van der Waals surface area (Å²) >= 11 is 0. The molecule has 0 aromatic heterocycles. The van der Waals surface area contributed by atoms with Gasteiger partial charge in [0, 0.05) is 24.2 Å². The minimum atomic E-state index is -0.156. The molecule has 0 saturated carbocycles. The van der Waals surface area contributed by atoms with Crippen molar-refractivity contribution in [1.29, 1.82) is 0 Å². The maximum atomic E-state index is 11.3. The van der Waals surface area contributed by atoms with Gasteiger partial charge >= 0.3 is 0 Å². The molecule has 0 aliphatic rings. The first-order chi connectivity index (χ1) is 8.62. The summed E-state index contributed by atoms with van der Waals surface area (Å²) in [6.07, 6.45) is 0. The molecule has 18 heavy (non-hydrogen) atoms. The van der Waals surface area contributed by atoms with Gasteiger partial charge in [-0.25, -0.2) is 0 Å². The minimum absolute atomic E-state index is 0.0246. The maximum absolute atomic E-state index is 11.3. The minimum Gasteiger partial charge on any atom is -0.496 e. The molecule has 0 bridgehead atoms. The largest absolute Gasteiger partial charge is 0.496 e. The number of benzene rings is 1. The monoisotopic (exact) mass is 253 g/mol. The van der Waals surface area contributed by atoms with Gasteiger partial charge < -0.3 is 19.5 Å². The van der Waals surface area contributed by atoms with E-state index in [4.69, 9.17) is 14.2 Å². The van der Waals surface area contributed by atoms with Crippen molar-refractivity contribution in [3.05, 3.63) is 17.7 Å². The van der Waals surface area contributed by atoms with Crippen molar-refractivity contribution < 1.29 is 19.0 Å². The molecule has 0 aliphatic heterocycles. The quantitative estimate of drug-likeness (QED) is 0.835. The van der Waals surface area contributed by atoms with Crippen molar-refractivity contribution in [2.45, 2.75) is 13.8 Å². The van der Waals surface area contributed by atoms with Crippen LogP contribution in [-0.2, 0) is 4.79 Å². The number of likely N-dealkylation sites (N-methyl/N-ethyl adjacent to an activating group) is 1. The Balaban J connectivity index is 2.80. The molecule has 0 unspecified atom stereocenters. The van der Waals surface area contributed by atoms with Gasteiger partial charge in [-0.1, -0.05) is 0 Å². The Morgan fingerprint density at radius 2 is 1.78 bits per heavy atom. The fourth-order valence-corrected chi connectivity index (χ4v) is 1.54. The van der Waals surface area contributed by atoms with Gasteiger partial charge in [-0.15, -0.1) is 0 Å². The van der Waals surface area contributed by atoms with Crippen LogP contribution >= 0.6 is 0 Å². The number of amides is 1. The summed E-state index contributed by atoms with van der Waals surface area (Å²) in [6, 6.07) is 3.47. The van der Waals surface area contributed by atoms with E-state index in [1.807, 2.05) is 13.8 Å². The normalized spacial score (nSPS) is 9.78. The van der Waals surface area contributed by atoms with Crippen LogP contribution in [0.4, 0.5) is 0 Å². The first-order valence-electron chi connectivity index (χ1n) is 5.74. The molecule has 5 nitrogen and oxygen atoms in total. The van der Waals surface area contributed by atoms with Gasteiger partial charge in [0.25, 0.3) is 5.91 Å². The van der Waals surface area contributed by atoms with Gasteiger partial charge in [0.2, 0.25) is 0 Å². The zero-order valence-corrected chi connectivity index (χ0v) is 11.2. The third-order valence-corrected chi connectivity index (χ3v) is 2.47. The molecule has 0 atom stereocenters. The lowest BCUT2D eigenvalue weighted by Crippen LogP contribution is -2.28. The van der Waals surface area contributed by atoms with Crippen molar-refractivity contribution >= 4 is 5.91 Å². The number of carbonyl (C=O) groups excluding carboxylic acids is 1. The number of methoxy groups -OCH3 is 2. The molecule has 100 valence electrons. The van der Waals surface area contributed by atoms with E-state index >= 15 is 0 Å². The van der Waals surface area contributed by atoms with Crippen LogP contribution in [0.25, 0.3) is 0 Å². The molecular weight excluding hydrogens is 234 g/mol. The second-order valence-corrected chi connectivity index (χ2v) is 3.69. The zero-order valence-electron chi connectivity index (χ0n) is 11.2. The number of nitrogens with one attached hydrogen (secondary N) is 1. The maximum Gasteiger partial charge on any atom is 0.257 e. The van der Waals surface area contributed by atoms with E-state index < -0.39 is 0 Å². The van der Waals surface area contributed by atoms with Crippen molar-refractivity contribution in [3.8, 4) is 17.2 Å². The molecule has 0 aliphatic carbocycles. The molecule has 0 heterocycles. The molecule has 1 N–H and O–H groups in total. The highest BCUT2D eigenvalue weighted by Crippen LogP contribution is 2.32. The van der Waals surface area contributed by atoms with Crippen LogP contribution in [0.2, 0.25) is 0 Å². The SMILES string of the molecule is CCNC(=O)COc1cc(OC)c(C)c(OC)c1. The molecule has 0 saturated heterocycles. The van der Waals surface area contributed by atoms with Crippen LogP contribution < -0.4 is 19.5 Å². The lowest BCUT2D eigenvalue weighted by atomic mass is 10.2. The number of ether oxygens (including phenoxy) is 3. The Labute approximate surface area is 107 Å². The summed E-state index contributed by atoms with van der Waals surface area (Å²) in [4.78, 5) is 11.3. The van der Waals surface area contributed by atoms with E-state index in [0.29, 0.717) is 23.8 Å². The molecule has 5 heteroatoms. The molecule has 0 spiro atoms. The number of hydrogen-bond acceptors (Lipinski definition) is 4. The summed E-state index contributed by atoms with van der Waals surface area (Å²) in [6.45, 7) is 4.31. The molecule has 0 fully saturated rings. The summed E-state index contributed by atoms with van der Waals surface area (Å²) in [5.74, 6) is 1.72. The molecule has 1 rings (SSSR count). The molecule has 1 aromatic rings. The Morgan fingerprint density at radius 1 is 1.22 bits per heavy atom. The highest BCUT2D eigenvalue weighted by Gasteiger charge is 2.10. The van der Waals surface area contributed by atoms with Crippen molar-refractivity contribution in [3.63, 3.8) is 0 Å². The van der Waals surface area contributed by atoms with Crippen molar-refractivity contribution in [2.75, 3.05) is 27.4 Å². The van der Waals surface area contributed by atoms with Crippen molar-refractivity contribution in [1.82, 2.24) is 5.32 Å². The number of rotatable bonds is 6. The van der Waals surface area contributed by atoms with Gasteiger partial charge in [-0.3, -0.25) is 4.79 Å². The van der Waals surface area contributed by atoms with Gasteiger partial charge in [-0.2, -0.15) is 0 Å². The summed E-state index contributed by atoms with van der Waals surface area (Å²) < 4.78 is 15.8. The molecule has 0 radical (unpaired) electrons. The topological polar surface area (TPSA) is 56.8 Å². The summed E-state index contributed by atoms with van der Waals surface area (Å²) in [7, 11) is 3.16. The summed E-state index contributed by atoms with van der Waals surface area (Å²) in [5.41, 5.74) is 0.894. The second-order valence-electron chi connectivity index (χ2n) is 3.69. The van der Waals surface area contributed by atoms with E-state index in [-0.39, 0.29) is 12.5 Å². The fourth-order valence-electron chi connectivity index (χ4n) is 1.54. The zero-order chi connectivity index (χ0) is 13.5. The van der Waals surface area contributed by atoms with Crippen LogP contribution in [0.3, 0.4) is 0 Å². The first kappa shape index (κ1) is 14.2. The average molecular weight is 253 g/mol. The molecule has 1 amide bonds. The number of hydrogen-bond donors (Lipinski definition) is 1. The van der Waals surface area contributed by atoms with Crippen LogP contribution in [0.1, 0.15) is 12.5 Å². The molecular formula is C13H19NO4. The predicted molar refractivity (Wildman–Crippen MR) is 68.5 cm³/mol. The Kier molecular flexibility index (Phi) is 5.30. The van der Waals surface area contributed by atoms with E-state index in [1.165, 1.54) is 0 Å². The summed E-state index contributed by atoms with van der Waals surface area (Å²) in [5, 5.41) is 2.66. The van der Waals surface area contributed by atoms with Gasteiger partial charge in [0.15, 0.2) is 6.61 Å². The number of carbonyl (C=O) groups is 1. The van der Waals surface area contributed by atoms with E-state index in [9.17, 15) is 4.79 Å². The Morgan fingerprint density at radius 3 is 2.22 bits per heavy atom. The third-order valence-electron chi connectivity index (χ3n) is 2.47. The van der Waals surface area contributed by atoms with E-state index in [0.717, 1.165) is 5.56 Å². The van der Waals surface area contributed by atoms with Gasteiger partial charge in [0.1, 0.15) is 17.2 Å². The van der Waals surface area contributed by atoms with Gasteiger partial charge in [0.05, 0.1) is 14.2 Å². The smallest absolute Gasteiger partial charge is 0.257 e. The lowest BCUT2D eigenvalue weighted by Gasteiger charge is -2.13. The van der Waals surface area contributed by atoms with E-state index in [2.05, 4.69) is 5.32 Å². The van der Waals surface area contributed by atoms with Crippen LogP contribution in [0.5, 0.6) is 17.2 Å². The predicted octanol–water partition coefficient (Wildman–Crippen LogP) is 1.53. The highest BCUT2D eigenvalue weighted by atomic mass is 16.5. The second kappa shape index (κ2) is 6.74. The average Bonchev–Trinajstić information content (AvgIpc) is 2.37. The van der Waals surface area contributed by atoms with Crippen molar-refractivity contribution in [2.24, 2.45) is 0 Å². The molecule has 1 aromatic carbocycles. The third kappa shape index (κ3) is 3.55. The van der Waals surface area contributed by atoms with E-state index in [1.54, 1.807) is 26.4 Å². The lowest BCUT2D eigenvalue weighted by molar-refractivity contribution is -0.122. The standard InChI is InChI=1S/C13H19NO4/c1-5-14-13(15)8-18-10-6-11(16-3)9(2)12(7-10)17-4/h6-7H,5,8H2,1-4H3,(H,14,15). The van der Waals surface area contributed by atoms with Crippen LogP contribution in [-0.4, -0.2) is 33.3 Å². The van der Waals surface area contributed by atoms with Crippen LogP contribution in [0, 0.1) is 6.92 Å². The Bertz CT molecular complexity index is 392. The first-order valence-corrected chi connectivity index (χ1v) is 5.74. The van der Waals surface area contributed by atoms with Gasteiger partial charge in [-0.05, 0) is 13.8 Å². The Hall–Kier alpha value is -1.91. The van der Waals surface area contributed by atoms with Crippen LogP contribution in [0.15, 0.2) is 12.1 Å². The fraction of sp³-hybridized carbons (Fsp3) is 0.462.